The van der Waals surface area contributed by atoms with Gasteiger partial charge in [0, 0.05) is 11.6 Å². The van der Waals surface area contributed by atoms with Gasteiger partial charge in [-0.05, 0) is 29.4 Å². The van der Waals surface area contributed by atoms with Gasteiger partial charge in [-0.15, -0.1) is 0 Å². The molecule has 0 bridgehead atoms. The molecule has 1 heterocycles. The van der Waals surface area contributed by atoms with E-state index in [-0.39, 0.29) is 0 Å². The highest BCUT2D eigenvalue weighted by Crippen LogP contribution is 2.19. The van der Waals surface area contributed by atoms with Crippen molar-refractivity contribution in [2.24, 2.45) is 0 Å². The molecule has 0 saturated heterocycles. The smallest absolute Gasteiger partial charge is 0.263 e. The molecule has 23 heavy (non-hydrogen) atoms. The number of rotatable bonds is 7. The topological polar surface area (TPSA) is 69.4 Å². The van der Waals surface area contributed by atoms with Gasteiger partial charge in [0.2, 0.25) is 0 Å². The molecule has 0 aliphatic carbocycles. The van der Waals surface area contributed by atoms with Crippen molar-refractivity contribution in [2.75, 3.05) is 25.6 Å². The zero-order valence-electron chi connectivity index (χ0n) is 12.7. The van der Waals surface area contributed by atoms with Gasteiger partial charge >= 0.3 is 0 Å². The van der Waals surface area contributed by atoms with Crippen LogP contribution < -0.4 is 14.8 Å². The fourth-order valence-corrected chi connectivity index (χ4v) is 2.02. The predicted molar refractivity (Wildman–Crippen MR) is 86.7 cm³/mol. The minimum absolute atomic E-state index is 0.443. The molecule has 0 atom stereocenters. The minimum atomic E-state index is 0.443. The Kier molecular flexibility index (Phi) is 4.73. The Balaban J connectivity index is 1.48. The van der Waals surface area contributed by atoms with Crippen molar-refractivity contribution < 1.29 is 14.0 Å². The standard InChI is InChI=1S/C17H17N3O3/c1-21-14-8-5-9-15(12-14)22-11-10-18-17-19-16(23-20-17)13-6-3-2-4-7-13/h2-9,12H,10-11H2,1H3,(H,18,20). The molecule has 0 radical (unpaired) electrons. The van der Waals surface area contributed by atoms with E-state index >= 15 is 0 Å². The van der Waals surface area contributed by atoms with Gasteiger partial charge < -0.3 is 19.3 Å². The fraction of sp³-hybridized carbons (Fsp3) is 0.176. The van der Waals surface area contributed by atoms with Gasteiger partial charge in [-0.25, -0.2) is 0 Å². The van der Waals surface area contributed by atoms with Crippen LogP contribution in [-0.2, 0) is 0 Å². The summed E-state index contributed by atoms with van der Waals surface area (Å²) in [5, 5.41) is 6.95. The van der Waals surface area contributed by atoms with Gasteiger partial charge in [0.15, 0.2) is 0 Å². The van der Waals surface area contributed by atoms with Crippen LogP contribution in [0.5, 0.6) is 11.5 Å². The third kappa shape index (κ3) is 4.00. The molecule has 0 amide bonds. The molecule has 1 N–H and O–H groups in total. The molecule has 0 fully saturated rings. The zero-order valence-corrected chi connectivity index (χ0v) is 12.7. The maximum absolute atomic E-state index is 5.63. The first-order chi connectivity index (χ1) is 11.3. The summed E-state index contributed by atoms with van der Waals surface area (Å²) in [5.41, 5.74) is 0.890. The van der Waals surface area contributed by atoms with Crippen LogP contribution in [0.2, 0.25) is 0 Å². The van der Waals surface area contributed by atoms with E-state index in [1.54, 1.807) is 7.11 Å². The second kappa shape index (κ2) is 7.31. The molecule has 0 aliphatic heterocycles. The Morgan fingerprint density at radius 3 is 2.70 bits per heavy atom. The maximum atomic E-state index is 5.63. The number of benzene rings is 2. The van der Waals surface area contributed by atoms with Gasteiger partial charge in [0.25, 0.3) is 11.8 Å². The number of aromatic nitrogens is 2. The Bertz CT molecular complexity index is 744. The highest BCUT2D eigenvalue weighted by molar-refractivity contribution is 5.53. The molecule has 6 heteroatoms. The van der Waals surface area contributed by atoms with E-state index in [9.17, 15) is 0 Å². The Hall–Kier alpha value is -3.02. The summed E-state index contributed by atoms with van der Waals surface area (Å²) in [5.74, 6) is 2.45. The lowest BCUT2D eigenvalue weighted by Gasteiger charge is -2.07. The van der Waals surface area contributed by atoms with E-state index in [0.717, 1.165) is 17.1 Å². The lowest BCUT2D eigenvalue weighted by atomic mass is 10.2. The first kappa shape index (κ1) is 14.9. The molecule has 0 unspecified atom stereocenters. The lowest BCUT2D eigenvalue weighted by Crippen LogP contribution is -2.12. The molecular formula is C17H17N3O3. The van der Waals surface area contributed by atoms with Crippen molar-refractivity contribution in [3.8, 4) is 23.0 Å². The monoisotopic (exact) mass is 311 g/mol. The number of hydrogen-bond acceptors (Lipinski definition) is 6. The van der Waals surface area contributed by atoms with E-state index in [1.165, 1.54) is 0 Å². The SMILES string of the molecule is COc1cccc(OCCNc2noc(-c3ccccc3)n2)c1. The van der Waals surface area contributed by atoms with Crippen molar-refractivity contribution in [2.45, 2.75) is 0 Å². The zero-order chi connectivity index (χ0) is 15.9. The summed E-state index contributed by atoms with van der Waals surface area (Å²) in [6.45, 7) is 1.04. The average molecular weight is 311 g/mol. The highest BCUT2D eigenvalue weighted by Gasteiger charge is 2.07. The van der Waals surface area contributed by atoms with E-state index < -0.39 is 0 Å². The summed E-state index contributed by atoms with van der Waals surface area (Å²) in [4.78, 5) is 4.29. The lowest BCUT2D eigenvalue weighted by molar-refractivity contribution is 0.328. The van der Waals surface area contributed by atoms with Crippen LogP contribution >= 0.6 is 0 Å². The third-order valence-electron chi connectivity index (χ3n) is 3.14. The third-order valence-corrected chi connectivity index (χ3v) is 3.14. The highest BCUT2D eigenvalue weighted by atomic mass is 16.5. The summed E-state index contributed by atoms with van der Waals surface area (Å²) < 4.78 is 16.0. The van der Waals surface area contributed by atoms with Crippen molar-refractivity contribution in [1.82, 2.24) is 10.1 Å². The van der Waals surface area contributed by atoms with Gasteiger partial charge in [-0.2, -0.15) is 4.98 Å². The second-order valence-electron chi connectivity index (χ2n) is 4.74. The molecule has 0 aliphatic rings. The molecular weight excluding hydrogens is 294 g/mol. The van der Waals surface area contributed by atoms with Gasteiger partial charge in [0.05, 0.1) is 13.7 Å². The average Bonchev–Trinajstić information content (AvgIpc) is 3.09. The van der Waals surface area contributed by atoms with Crippen LogP contribution in [0.1, 0.15) is 0 Å². The molecule has 3 aromatic rings. The second-order valence-corrected chi connectivity index (χ2v) is 4.74. The molecule has 3 rings (SSSR count). The molecule has 0 spiro atoms. The summed E-state index contributed by atoms with van der Waals surface area (Å²) >= 11 is 0. The van der Waals surface area contributed by atoms with Gasteiger partial charge in [0.1, 0.15) is 18.1 Å². The molecule has 118 valence electrons. The van der Waals surface area contributed by atoms with Crippen molar-refractivity contribution in [3.05, 3.63) is 54.6 Å². The van der Waals surface area contributed by atoms with Gasteiger partial charge in [-0.3, -0.25) is 0 Å². The van der Waals surface area contributed by atoms with E-state index in [4.69, 9.17) is 14.0 Å². The largest absolute Gasteiger partial charge is 0.497 e. The Labute approximate surface area is 134 Å². The Morgan fingerprint density at radius 1 is 1.04 bits per heavy atom. The van der Waals surface area contributed by atoms with E-state index in [2.05, 4.69) is 15.5 Å². The van der Waals surface area contributed by atoms with Crippen LogP contribution in [0.25, 0.3) is 11.5 Å². The summed E-state index contributed by atoms with van der Waals surface area (Å²) in [7, 11) is 1.63. The number of anilines is 1. The van der Waals surface area contributed by atoms with Crippen LogP contribution in [0, 0.1) is 0 Å². The van der Waals surface area contributed by atoms with Crippen molar-refractivity contribution in [3.63, 3.8) is 0 Å². The number of ether oxygens (including phenoxy) is 2. The first-order valence-electron chi connectivity index (χ1n) is 7.25. The fourth-order valence-electron chi connectivity index (χ4n) is 2.02. The first-order valence-corrected chi connectivity index (χ1v) is 7.25. The number of hydrogen-bond donors (Lipinski definition) is 1. The minimum Gasteiger partial charge on any atom is -0.497 e. The quantitative estimate of drug-likeness (QED) is 0.676. The van der Waals surface area contributed by atoms with E-state index in [0.29, 0.717) is 25.0 Å². The van der Waals surface area contributed by atoms with Crippen molar-refractivity contribution in [1.29, 1.82) is 0 Å². The number of nitrogens with one attached hydrogen (secondary N) is 1. The summed E-state index contributed by atoms with van der Waals surface area (Å²) in [6.07, 6.45) is 0. The molecule has 1 aromatic heterocycles. The van der Waals surface area contributed by atoms with Crippen LogP contribution in [-0.4, -0.2) is 30.4 Å². The van der Waals surface area contributed by atoms with Crippen LogP contribution in [0.3, 0.4) is 0 Å². The number of nitrogens with zero attached hydrogens (tertiary/aromatic N) is 2. The van der Waals surface area contributed by atoms with Crippen molar-refractivity contribution >= 4 is 5.95 Å². The summed E-state index contributed by atoms with van der Waals surface area (Å²) in [6, 6.07) is 17.1. The van der Waals surface area contributed by atoms with Crippen LogP contribution in [0.15, 0.2) is 59.1 Å². The molecule has 2 aromatic carbocycles. The Morgan fingerprint density at radius 2 is 1.87 bits per heavy atom. The van der Waals surface area contributed by atoms with E-state index in [1.807, 2.05) is 54.6 Å². The number of methoxy groups -OCH3 is 1. The van der Waals surface area contributed by atoms with Crippen LogP contribution in [0.4, 0.5) is 5.95 Å². The predicted octanol–water partition coefficient (Wildman–Crippen LogP) is 3.24. The molecule has 0 saturated carbocycles. The van der Waals surface area contributed by atoms with Gasteiger partial charge in [-0.1, -0.05) is 24.3 Å². The molecule has 6 nitrogen and oxygen atoms in total. The normalized spacial score (nSPS) is 10.3. The maximum Gasteiger partial charge on any atom is 0.263 e.